The summed E-state index contributed by atoms with van der Waals surface area (Å²) in [4.78, 5) is 4.38. The van der Waals surface area contributed by atoms with E-state index >= 15 is 0 Å². The van der Waals surface area contributed by atoms with Crippen molar-refractivity contribution >= 4 is 0 Å². The summed E-state index contributed by atoms with van der Waals surface area (Å²) in [6.07, 6.45) is 1.63. The van der Waals surface area contributed by atoms with Crippen molar-refractivity contribution < 1.29 is 9.26 Å². The van der Waals surface area contributed by atoms with Crippen LogP contribution in [0.15, 0.2) is 4.52 Å². The summed E-state index contributed by atoms with van der Waals surface area (Å²) < 4.78 is 10.5. The van der Waals surface area contributed by atoms with Gasteiger partial charge in [-0.25, -0.2) is 0 Å². The normalized spacial score (nSPS) is 22.9. The molecule has 1 aromatic heterocycles. The molecule has 0 amide bonds. The molecule has 1 aliphatic heterocycles. The zero-order chi connectivity index (χ0) is 11.5. The molecule has 0 aromatic carbocycles. The first-order chi connectivity index (χ1) is 7.66. The number of nitrogens with zero attached hydrogens (tertiary/aromatic N) is 2. The van der Waals surface area contributed by atoms with Gasteiger partial charge in [0.1, 0.15) is 0 Å². The smallest absolute Gasteiger partial charge is 0.228 e. The molecule has 2 heterocycles. The lowest BCUT2D eigenvalue weighted by Gasteiger charge is -2.11. The van der Waals surface area contributed by atoms with Crippen molar-refractivity contribution in [3.8, 4) is 0 Å². The maximum Gasteiger partial charge on any atom is 0.228 e. The summed E-state index contributed by atoms with van der Waals surface area (Å²) in [7, 11) is 0. The molecule has 1 aliphatic rings. The molecule has 2 rings (SSSR count). The fourth-order valence-electron chi connectivity index (χ4n) is 1.69. The van der Waals surface area contributed by atoms with Crippen molar-refractivity contribution in [1.29, 1.82) is 0 Å². The highest BCUT2D eigenvalue weighted by Gasteiger charge is 2.23. The van der Waals surface area contributed by atoms with Crippen LogP contribution >= 0.6 is 0 Å². The fraction of sp³-hybridized carbons (Fsp3) is 0.818. The molecule has 2 unspecified atom stereocenters. The van der Waals surface area contributed by atoms with Crippen LogP contribution in [-0.2, 0) is 11.2 Å². The largest absolute Gasteiger partial charge is 0.381 e. The lowest BCUT2D eigenvalue weighted by Crippen LogP contribution is -2.28. The Morgan fingerprint density at radius 2 is 2.31 bits per heavy atom. The van der Waals surface area contributed by atoms with Crippen molar-refractivity contribution in [3.05, 3.63) is 11.7 Å². The molecule has 1 fully saturated rings. The Kier molecular flexibility index (Phi) is 3.56. The van der Waals surface area contributed by atoms with E-state index in [1.807, 2.05) is 0 Å². The van der Waals surface area contributed by atoms with Gasteiger partial charge in [0.15, 0.2) is 5.82 Å². The van der Waals surface area contributed by atoms with Gasteiger partial charge < -0.3 is 15.0 Å². The van der Waals surface area contributed by atoms with Gasteiger partial charge >= 0.3 is 0 Å². The Bertz CT molecular complexity index is 332. The van der Waals surface area contributed by atoms with Gasteiger partial charge in [-0.2, -0.15) is 4.98 Å². The van der Waals surface area contributed by atoms with Gasteiger partial charge in [0.2, 0.25) is 5.89 Å². The van der Waals surface area contributed by atoms with Crippen molar-refractivity contribution in [3.63, 3.8) is 0 Å². The molecule has 0 radical (unpaired) electrons. The summed E-state index contributed by atoms with van der Waals surface area (Å²) in [6, 6.07) is 0.0770. The monoisotopic (exact) mass is 225 g/mol. The van der Waals surface area contributed by atoms with Crippen LogP contribution < -0.4 is 5.73 Å². The van der Waals surface area contributed by atoms with Crippen LogP contribution in [-0.4, -0.2) is 29.4 Å². The van der Waals surface area contributed by atoms with E-state index in [1.165, 1.54) is 0 Å². The molecule has 0 bridgehead atoms. The predicted molar refractivity (Wildman–Crippen MR) is 59.0 cm³/mol. The molecule has 5 heteroatoms. The van der Waals surface area contributed by atoms with Crippen LogP contribution in [0.5, 0.6) is 0 Å². The highest BCUT2D eigenvalue weighted by molar-refractivity contribution is 4.98. The minimum Gasteiger partial charge on any atom is -0.381 e. The van der Waals surface area contributed by atoms with Crippen molar-refractivity contribution in [2.75, 3.05) is 13.2 Å². The molecule has 1 saturated heterocycles. The van der Waals surface area contributed by atoms with E-state index in [-0.39, 0.29) is 6.04 Å². The van der Waals surface area contributed by atoms with Gasteiger partial charge in [0.05, 0.1) is 6.61 Å². The van der Waals surface area contributed by atoms with E-state index in [2.05, 4.69) is 24.0 Å². The van der Waals surface area contributed by atoms with E-state index in [0.717, 1.165) is 18.9 Å². The van der Waals surface area contributed by atoms with Gasteiger partial charge in [0.25, 0.3) is 0 Å². The lowest BCUT2D eigenvalue weighted by molar-refractivity contribution is 0.192. The van der Waals surface area contributed by atoms with Crippen LogP contribution in [0, 0.1) is 5.92 Å². The third kappa shape index (κ3) is 2.59. The van der Waals surface area contributed by atoms with Crippen LogP contribution in [0.2, 0.25) is 0 Å². The summed E-state index contributed by atoms with van der Waals surface area (Å²) in [5, 5.41) is 3.99. The number of hydrogen-bond acceptors (Lipinski definition) is 5. The van der Waals surface area contributed by atoms with Gasteiger partial charge in [-0.1, -0.05) is 19.0 Å². The molecular formula is C11H19N3O2. The second-order valence-electron chi connectivity index (χ2n) is 4.72. The lowest BCUT2D eigenvalue weighted by atomic mass is 10.0. The quantitative estimate of drug-likeness (QED) is 0.830. The first-order valence-electron chi connectivity index (χ1n) is 5.82. The third-order valence-corrected chi connectivity index (χ3v) is 3.05. The summed E-state index contributed by atoms with van der Waals surface area (Å²) in [6.45, 7) is 5.68. The summed E-state index contributed by atoms with van der Waals surface area (Å²) in [5.74, 6) is 2.13. The molecule has 16 heavy (non-hydrogen) atoms. The Morgan fingerprint density at radius 3 is 2.94 bits per heavy atom. The Morgan fingerprint density at radius 1 is 1.50 bits per heavy atom. The number of nitrogens with two attached hydrogens (primary N) is 1. The summed E-state index contributed by atoms with van der Waals surface area (Å²) >= 11 is 0. The molecule has 0 aliphatic carbocycles. The van der Waals surface area contributed by atoms with Gasteiger partial charge in [-0.15, -0.1) is 0 Å². The van der Waals surface area contributed by atoms with Gasteiger partial charge in [0, 0.05) is 25.0 Å². The topological polar surface area (TPSA) is 74.2 Å². The molecule has 90 valence electrons. The maximum atomic E-state index is 5.96. The van der Waals surface area contributed by atoms with Crippen molar-refractivity contribution in [2.24, 2.45) is 11.7 Å². The van der Waals surface area contributed by atoms with E-state index in [1.54, 1.807) is 0 Å². The molecule has 0 saturated carbocycles. The minimum atomic E-state index is 0.0770. The predicted octanol–water partition coefficient (Wildman–Crippen LogP) is 1.10. The molecule has 1 aromatic rings. The number of aromatic nitrogens is 2. The molecule has 0 spiro atoms. The highest BCUT2D eigenvalue weighted by Crippen LogP contribution is 2.22. The first-order valence-corrected chi connectivity index (χ1v) is 5.82. The van der Waals surface area contributed by atoms with Crippen LogP contribution in [0.3, 0.4) is 0 Å². The Hall–Kier alpha value is -0.940. The minimum absolute atomic E-state index is 0.0770. The molecule has 2 N–H and O–H groups in total. The molecule has 5 nitrogen and oxygen atoms in total. The van der Waals surface area contributed by atoms with E-state index in [9.17, 15) is 0 Å². The SMILES string of the molecule is CC(C)C(N)Cc1nc(C2CCOC2)no1. The van der Waals surface area contributed by atoms with Crippen molar-refractivity contribution in [1.82, 2.24) is 10.1 Å². The summed E-state index contributed by atoms with van der Waals surface area (Å²) in [5.41, 5.74) is 5.96. The second-order valence-corrected chi connectivity index (χ2v) is 4.72. The zero-order valence-corrected chi connectivity index (χ0v) is 9.85. The van der Waals surface area contributed by atoms with Crippen LogP contribution in [0.4, 0.5) is 0 Å². The maximum absolute atomic E-state index is 5.96. The number of rotatable bonds is 4. The second kappa shape index (κ2) is 4.93. The van der Waals surface area contributed by atoms with Crippen molar-refractivity contribution in [2.45, 2.75) is 38.6 Å². The molecular weight excluding hydrogens is 206 g/mol. The average molecular weight is 225 g/mol. The van der Waals surface area contributed by atoms with Gasteiger partial charge in [-0.05, 0) is 12.3 Å². The first kappa shape index (κ1) is 11.5. The van der Waals surface area contributed by atoms with E-state index in [4.69, 9.17) is 15.0 Å². The Labute approximate surface area is 95.3 Å². The zero-order valence-electron chi connectivity index (χ0n) is 9.85. The average Bonchev–Trinajstić information content (AvgIpc) is 2.85. The van der Waals surface area contributed by atoms with E-state index in [0.29, 0.717) is 30.8 Å². The Balaban J connectivity index is 1.96. The highest BCUT2D eigenvalue weighted by atomic mass is 16.5. The molecule has 2 atom stereocenters. The number of ether oxygens (including phenoxy) is 1. The standard InChI is InChI=1S/C11H19N3O2/c1-7(2)9(12)5-10-13-11(14-16-10)8-3-4-15-6-8/h7-9H,3-6,12H2,1-2H3. The number of hydrogen-bond donors (Lipinski definition) is 1. The van der Waals surface area contributed by atoms with Gasteiger partial charge in [-0.3, -0.25) is 0 Å². The van der Waals surface area contributed by atoms with E-state index < -0.39 is 0 Å². The van der Waals surface area contributed by atoms with Crippen LogP contribution in [0.1, 0.15) is 37.9 Å². The third-order valence-electron chi connectivity index (χ3n) is 3.05. The fourth-order valence-corrected chi connectivity index (χ4v) is 1.69. The van der Waals surface area contributed by atoms with Crippen LogP contribution in [0.25, 0.3) is 0 Å².